The van der Waals surface area contributed by atoms with E-state index in [1.165, 1.54) is 12.1 Å². The summed E-state index contributed by atoms with van der Waals surface area (Å²) in [7, 11) is -4.15. The Morgan fingerprint density at radius 1 is 1.35 bits per heavy atom. The van der Waals surface area contributed by atoms with Crippen LogP contribution >= 0.6 is 15.9 Å². The van der Waals surface area contributed by atoms with E-state index in [1.54, 1.807) is 0 Å². The second-order valence-electron chi connectivity index (χ2n) is 5.61. The minimum Gasteiger partial charge on any atom is -0.258 e. The lowest BCUT2D eigenvalue weighted by Crippen LogP contribution is -2.35. The van der Waals surface area contributed by atoms with Gasteiger partial charge in [-0.3, -0.25) is 10.1 Å². The molecule has 1 N–H and O–H groups in total. The summed E-state index contributed by atoms with van der Waals surface area (Å²) < 4.78 is 41.0. The Bertz CT molecular complexity index is 677. The molecule has 0 spiro atoms. The van der Waals surface area contributed by atoms with Crippen LogP contribution in [0.4, 0.5) is 10.1 Å². The van der Waals surface area contributed by atoms with Gasteiger partial charge in [0.1, 0.15) is 6.17 Å². The number of rotatable bonds is 6. The van der Waals surface area contributed by atoms with E-state index in [2.05, 4.69) is 20.7 Å². The topological polar surface area (TPSA) is 89.3 Å². The van der Waals surface area contributed by atoms with Crippen LogP contribution in [0, 0.1) is 16.0 Å². The van der Waals surface area contributed by atoms with Crippen LogP contribution in [-0.4, -0.2) is 26.1 Å². The predicted octanol–water partition coefficient (Wildman–Crippen LogP) is 3.55. The van der Waals surface area contributed by atoms with E-state index in [4.69, 9.17) is 0 Å². The van der Waals surface area contributed by atoms with E-state index in [-0.39, 0.29) is 16.9 Å². The molecule has 1 aromatic rings. The van der Waals surface area contributed by atoms with Crippen LogP contribution in [-0.2, 0) is 10.0 Å². The van der Waals surface area contributed by atoms with Gasteiger partial charge in [-0.2, -0.15) is 0 Å². The summed E-state index contributed by atoms with van der Waals surface area (Å²) in [5.74, 6) is -0.149. The van der Waals surface area contributed by atoms with Gasteiger partial charge in [0, 0.05) is 6.54 Å². The van der Waals surface area contributed by atoms with E-state index in [0.29, 0.717) is 0 Å². The number of halogens is 2. The molecule has 1 unspecified atom stereocenters. The molecule has 0 heterocycles. The molecule has 0 bridgehead atoms. The number of hydrogen-bond donors (Lipinski definition) is 1. The third kappa shape index (κ3) is 4.48. The molecule has 0 aliphatic heterocycles. The lowest BCUT2D eigenvalue weighted by molar-refractivity contribution is -0.388. The molecule has 9 heteroatoms. The van der Waals surface area contributed by atoms with Crippen LogP contribution in [0.3, 0.4) is 0 Å². The maximum absolute atomic E-state index is 14.2. The molecule has 0 aromatic heterocycles. The number of nitrogens with zero attached hydrogens (tertiary/aromatic N) is 1. The fraction of sp³-hybridized carbons (Fsp3) is 0.571. The van der Waals surface area contributed by atoms with Crippen LogP contribution in [0.2, 0.25) is 0 Å². The first-order valence-corrected chi connectivity index (χ1v) is 9.67. The molecule has 1 fully saturated rings. The average molecular weight is 409 g/mol. The van der Waals surface area contributed by atoms with Crippen molar-refractivity contribution in [2.24, 2.45) is 5.92 Å². The number of nitro groups is 1. The first-order valence-electron chi connectivity index (χ1n) is 7.39. The Hall–Kier alpha value is -1.06. The van der Waals surface area contributed by atoms with Gasteiger partial charge in [-0.05, 0) is 46.8 Å². The first-order chi connectivity index (χ1) is 10.8. The molecular weight excluding hydrogens is 391 g/mol. The predicted molar refractivity (Wildman–Crippen MR) is 87.5 cm³/mol. The van der Waals surface area contributed by atoms with Gasteiger partial charge in [0.2, 0.25) is 10.0 Å². The molecule has 1 atom stereocenters. The normalized spacial score (nSPS) is 17.8. The summed E-state index contributed by atoms with van der Waals surface area (Å²) in [6.45, 7) is -0.364. The highest BCUT2D eigenvalue weighted by Crippen LogP contribution is 2.32. The minimum atomic E-state index is -4.15. The molecule has 0 radical (unpaired) electrons. The molecular formula is C14H18BrFN2O4S. The standard InChI is InChI=1S/C14H18BrFN2O4S/c15-11-7-4-8-13(14(11)18(19)20)23(21,22)17-9-12(16)10-5-2-1-3-6-10/h4,7-8,10,12,17H,1-3,5-6,9H2. The number of sulfonamides is 1. The van der Waals surface area contributed by atoms with Crippen molar-refractivity contribution in [2.75, 3.05) is 6.54 Å². The van der Waals surface area contributed by atoms with Crippen LogP contribution in [0.15, 0.2) is 27.6 Å². The lowest BCUT2D eigenvalue weighted by atomic mass is 9.86. The summed E-state index contributed by atoms with van der Waals surface area (Å²) in [6.07, 6.45) is 3.21. The van der Waals surface area contributed by atoms with Crippen molar-refractivity contribution in [1.29, 1.82) is 0 Å². The van der Waals surface area contributed by atoms with Crippen molar-refractivity contribution >= 4 is 31.6 Å². The van der Waals surface area contributed by atoms with E-state index in [0.717, 1.165) is 38.2 Å². The van der Waals surface area contributed by atoms with Gasteiger partial charge in [0.15, 0.2) is 4.90 Å². The van der Waals surface area contributed by atoms with Crippen LogP contribution in [0.5, 0.6) is 0 Å². The van der Waals surface area contributed by atoms with E-state index < -0.39 is 31.7 Å². The molecule has 1 aliphatic rings. The number of benzene rings is 1. The Kier molecular flexibility index (Phi) is 6.10. The molecule has 2 rings (SSSR count). The third-order valence-corrected chi connectivity index (χ3v) is 6.15. The van der Waals surface area contributed by atoms with Gasteiger partial charge in [-0.15, -0.1) is 0 Å². The van der Waals surface area contributed by atoms with Crippen molar-refractivity contribution in [1.82, 2.24) is 4.72 Å². The molecule has 0 saturated heterocycles. The molecule has 23 heavy (non-hydrogen) atoms. The Morgan fingerprint density at radius 3 is 2.61 bits per heavy atom. The van der Waals surface area contributed by atoms with Crippen LogP contribution < -0.4 is 4.72 Å². The maximum Gasteiger partial charge on any atom is 0.303 e. The monoisotopic (exact) mass is 408 g/mol. The molecule has 1 saturated carbocycles. The minimum absolute atomic E-state index is 0.0643. The van der Waals surface area contributed by atoms with E-state index in [1.807, 2.05) is 0 Å². The Balaban J connectivity index is 2.13. The number of hydrogen-bond acceptors (Lipinski definition) is 4. The third-order valence-electron chi connectivity index (χ3n) is 4.05. The summed E-state index contributed by atoms with van der Waals surface area (Å²) in [6, 6.07) is 3.91. The van der Waals surface area contributed by atoms with Crippen molar-refractivity contribution in [3.05, 3.63) is 32.8 Å². The quantitative estimate of drug-likeness (QED) is 0.575. The number of nitrogens with one attached hydrogen (secondary N) is 1. The molecule has 128 valence electrons. The largest absolute Gasteiger partial charge is 0.303 e. The first kappa shape index (κ1) is 18.3. The van der Waals surface area contributed by atoms with Gasteiger partial charge in [0.05, 0.1) is 9.40 Å². The maximum atomic E-state index is 14.2. The van der Waals surface area contributed by atoms with Gasteiger partial charge < -0.3 is 0 Å². The Morgan fingerprint density at radius 2 is 2.00 bits per heavy atom. The average Bonchev–Trinajstić information content (AvgIpc) is 2.53. The summed E-state index contributed by atoms with van der Waals surface area (Å²) in [4.78, 5) is 9.85. The van der Waals surface area contributed by atoms with Crippen LogP contribution in [0.25, 0.3) is 0 Å². The number of alkyl halides is 1. The van der Waals surface area contributed by atoms with Crippen molar-refractivity contribution in [3.63, 3.8) is 0 Å². The SMILES string of the molecule is O=[N+]([O-])c1c(Br)cccc1S(=O)(=O)NCC(F)C1CCCCC1. The summed E-state index contributed by atoms with van der Waals surface area (Å²) in [5.41, 5.74) is -0.548. The molecule has 1 aromatic carbocycles. The van der Waals surface area contributed by atoms with Gasteiger partial charge in [0.25, 0.3) is 0 Å². The second-order valence-corrected chi connectivity index (χ2v) is 8.20. The highest BCUT2D eigenvalue weighted by Gasteiger charge is 2.30. The molecule has 6 nitrogen and oxygen atoms in total. The fourth-order valence-corrected chi connectivity index (χ4v) is 4.69. The van der Waals surface area contributed by atoms with Crippen molar-refractivity contribution in [2.45, 2.75) is 43.2 Å². The summed E-state index contributed by atoms with van der Waals surface area (Å²) >= 11 is 2.97. The Labute approximate surface area is 142 Å². The second kappa shape index (κ2) is 7.67. The highest BCUT2D eigenvalue weighted by atomic mass is 79.9. The zero-order valence-corrected chi connectivity index (χ0v) is 14.8. The number of nitro benzene ring substituents is 1. The van der Waals surface area contributed by atoms with Gasteiger partial charge >= 0.3 is 5.69 Å². The van der Waals surface area contributed by atoms with Crippen molar-refractivity contribution in [3.8, 4) is 0 Å². The van der Waals surface area contributed by atoms with Gasteiger partial charge in [-0.1, -0.05) is 25.3 Å². The highest BCUT2D eigenvalue weighted by molar-refractivity contribution is 9.10. The fourth-order valence-electron chi connectivity index (χ4n) is 2.82. The zero-order valence-electron chi connectivity index (χ0n) is 12.4. The number of para-hydroxylation sites is 1. The smallest absolute Gasteiger partial charge is 0.258 e. The van der Waals surface area contributed by atoms with Crippen molar-refractivity contribution < 1.29 is 17.7 Å². The van der Waals surface area contributed by atoms with Gasteiger partial charge in [-0.25, -0.2) is 17.5 Å². The zero-order chi connectivity index (χ0) is 17.0. The van der Waals surface area contributed by atoms with Crippen LogP contribution in [0.1, 0.15) is 32.1 Å². The lowest BCUT2D eigenvalue weighted by Gasteiger charge is -2.25. The van der Waals surface area contributed by atoms with E-state index in [9.17, 15) is 22.9 Å². The molecule has 0 amide bonds. The van der Waals surface area contributed by atoms with E-state index >= 15 is 0 Å². The molecule has 1 aliphatic carbocycles. The summed E-state index contributed by atoms with van der Waals surface area (Å²) in [5, 5.41) is 11.1.